The van der Waals surface area contributed by atoms with E-state index >= 15 is 0 Å². The van der Waals surface area contributed by atoms with E-state index in [0.29, 0.717) is 0 Å². The average molecular weight is 247 g/mol. The predicted octanol–water partition coefficient (Wildman–Crippen LogP) is 2.95. The van der Waals surface area contributed by atoms with Gasteiger partial charge in [0.2, 0.25) is 0 Å². The maximum atomic E-state index is 9.28. The predicted molar refractivity (Wildman–Crippen MR) is 73.6 cm³/mol. The molecule has 2 aromatic rings. The Morgan fingerprint density at radius 1 is 1.22 bits per heavy atom. The molecule has 0 unspecified atom stereocenters. The monoisotopic (exact) mass is 247 g/mol. The van der Waals surface area contributed by atoms with Gasteiger partial charge in [-0.15, -0.1) is 0 Å². The lowest BCUT2D eigenvalue weighted by molar-refractivity contribution is 0.124. The molecule has 0 radical (unpaired) electrons. The summed E-state index contributed by atoms with van der Waals surface area (Å²) in [5, 5.41) is 10.4. The zero-order valence-corrected chi connectivity index (χ0v) is 10.9. The molecule has 0 saturated heterocycles. The van der Waals surface area contributed by atoms with Gasteiger partial charge in [-0.05, 0) is 24.1 Å². The molecule has 3 heteroatoms. The van der Waals surface area contributed by atoms with Crippen LogP contribution in [0.4, 0.5) is 0 Å². The van der Waals surface area contributed by atoms with Crippen LogP contribution in [-0.2, 0) is 17.9 Å². The summed E-state index contributed by atoms with van der Waals surface area (Å²) in [4.78, 5) is 0. The summed E-state index contributed by atoms with van der Waals surface area (Å²) >= 11 is 0. The maximum absolute atomic E-state index is 9.28. The van der Waals surface area contributed by atoms with Gasteiger partial charge in [-0.1, -0.05) is 25.5 Å². The van der Waals surface area contributed by atoms with E-state index < -0.39 is 0 Å². The number of ether oxygens (including phenoxy) is 1. The number of benzene rings is 1. The Balaban J connectivity index is 2.01. The zero-order valence-electron chi connectivity index (χ0n) is 10.9. The van der Waals surface area contributed by atoms with Gasteiger partial charge < -0.3 is 14.4 Å². The highest BCUT2D eigenvalue weighted by Gasteiger charge is 2.04. The maximum Gasteiger partial charge on any atom is 0.0688 e. The number of hydrogen-bond acceptors (Lipinski definition) is 2. The van der Waals surface area contributed by atoms with Crippen LogP contribution >= 0.6 is 0 Å². The lowest BCUT2D eigenvalue weighted by Crippen LogP contribution is -2.05. The molecule has 0 aliphatic carbocycles. The number of aliphatic hydroxyl groups is 1. The first-order valence-corrected chi connectivity index (χ1v) is 6.62. The van der Waals surface area contributed by atoms with Gasteiger partial charge in [0.15, 0.2) is 0 Å². The summed E-state index contributed by atoms with van der Waals surface area (Å²) in [6, 6.07) is 8.10. The quantitative estimate of drug-likeness (QED) is 0.763. The van der Waals surface area contributed by atoms with Crippen LogP contribution in [0.5, 0.6) is 0 Å². The molecule has 3 nitrogen and oxygen atoms in total. The summed E-state index contributed by atoms with van der Waals surface area (Å²) in [7, 11) is 0. The van der Waals surface area contributed by atoms with Gasteiger partial charge in [0.05, 0.1) is 13.2 Å². The summed E-state index contributed by atoms with van der Waals surface area (Å²) in [5.41, 5.74) is 2.15. The fourth-order valence-electron chi connectivity index (χ4n) is 2.13. The van der Waals surface area contributed by atoms with Gasteiger partial charge in [0.1, 0.15) is 0 Å². The molecule has 1 heterocycles. The highest BCUT2D eigenvalue weighted by atomic mass is 16.5. The van der Waals surface area contributed by atoms with Gasteiger partial charge in [0, 0.05) is 30.3 Å². The summed E-state index contributed by atoms with van der Waals surface area (Å²) in [5.74, 6) is 0. The number of unbranched alkanes of at least 4 members (excludes halogenated alkanes) is 1. The van der Waals surface area contributed by atoms with Crippen molar-refractivity contribution < 1.29 is 9.84 Å². The minimum atomic E-state index is 0.0916. The molecule has 0 aliphatic rings. The van der Waals surface area contributed by atoms with Crippen molar-refractivity contribution in [3.63, 3.8) is 0 Å². The molecule has 0 atom stereocenters. The summed E-state index contributed by atoms with van der Waals surface area (Å²) in [6.45, 7) is 4.71. The van der Waals surface area contributed by atoms with Crippen LogP contribution in [0, 0.1) is 0 Å². The molecule has 1 aromatic carbocycles. The SMILES string of the molecule is CCCCOCCn1ccc2c(CO)cccc21. The van der Waals surface area contributed by atoms with Crippen molar-refractivity contribution >= 4 is 10.9 Å². The molecule has 98 valence electrons. The van der Waals surface area contributed by atoms with Crippen molar-refractivity contribution in [1.29, 1.82) is 0 Å². The standard InChI is InChI=1S/C15H21NO2/c1-2-3-10-18-11-9-16-8-7-14-13(12-17)5-4-6-15(14)16/h4-8,17H,2-3,9-12H2,1H3. The Hall–Kier alpha value is -1.32. The van der Waals surface area contributed by atoms with Crippen molar-refractivity contribution in [2.24, 2.45) is 0 Å². The van der Waals surface area contributed by atoms with E-state index in [1.807, 2.05) is 12.1 Å². The van der Waals surface area contributed by atoms with Crippen molar-refractivity contribution in [1.82, 2.24) is 4.57 Å². The topological polar surface area (TPSA) is 34.4 Å². The largest absolute Gasteiger partial charge is 0.392 e. The molecule has 0 amide bonds. The zero-order chi connectivity index (χ0) is 12.8. The van der Waals surface area contributed by atoms with Crippen molar-refractivity contribution in [3.8, 4) is 0 Å². The van der Waals surface area contributed by atoms with E-state index in [2.05, 4.69) is 29.8 Å². The van der Waals surface area contributed by atoms with Crippen LogP contribution in [0.3, 0.4) is 0 Å². The molecule has 0 fully saturated rings. The number of hydrogen-bond donors (Lipinski definition) is 1. The highest BCUT2D eigenvalue weighted by Crippen LogP contribution is 2.20. The Kier molecular flexibility index (Phi) is 4.79. The first-order valence-electron chi connectivity index (χ1n) is 6.62. The average Bonchev–Trinajstić information content (AvgIpc) is 2.82. The fraction of sp³-hybridized carbons (Fsp3) is 0.467. The van der Waals surface area contributed by atoms with Crippen molar-refractivity contribution in [2.75, 3.05) is 13.2 Å². The molecular weight excluding hydrogens is 226 g/mol. The van der Waals surface area contributed by atoms with Crippen LogP contribution in [0.15, 0.2) is 30.5 Å². The molecule has 0 aliphatic heterocycles. The Morgan fingerprint density at radius 3 is 2.89 bits per heavy atom. The van der Waals surface area contributed by atoms with Gasteiger partial charge in [0.25, 0.3) is 0 Å². The van der Waals surface area contributed by atoms with Crippen LogP contribution < -0.4 is 0 Å². The van der Waals surface area contributed by atoms with Gasteiger partial charge in [-0.25, -0.2) is 0 Å². The summed E-state index contributed by atoms with van der Waals surface area (Å²) in [6.07, 6.45) is 4.36. The minimum absolute atomic E-state index is 0.0916. The molecule has 1 aromatic heterocycles. The van der Waals surface area contributed by atoms with Crippen LogP contribution in [0.1, 0.15) is 25.3 Å². The number of rotatable bonds is 7. The Bertz CT molecular complexity index is 490. The van der Waals surface area contributed by atoms with Crippen molar-refractivity contribution in [3.05, 3.63) is 36.0 Å². The van der Waals surface area contributed by atoms with Crippen LogP contribution in [0.25, 0.3) is 10.9 Å². The highest BCUT2D eigenvalue weighted by molar-refractivity contribution is 5.83. The Labute approximate surface area is 108 Å². The lowest BCUT2D eigenvalue weighted by atomic mass is 10.1. The van der Waals surface area contributed by atoms with E-state index in [4.69, 9.17) is 4.74 Å². The second kappa shape index (κ2) is 6.57. The number of nitrogens with zero attached hydrogens (tertiary/aromatic N) is 1. The van der Waals surface area contributed by atoms with Crippen LogP contribution in [-0.4, -0.2) is 22.9 Å². The second-order valence-electron chi connectivity index (χ2n) is 4.48. The van der Waals surface area contributed by atoms with E-state index in [1.54, 1.807) is 0 Å². The van der Waals surface area contributed by atoms with Gasteiger partial charge in [-0.2, -0.15) is 0 Å². The van der Waals surface area contributed by atoms with E-state index in [0.717, 1.165) is 37.1 Å². The molecule has 1 N–H and O–H groups in total. The lowest BCUT2D eigenvalue weighted by Gasteiger charge is -2.07. The fourth-order valence-corrected chi connectivity index (χ4v) is 2.13. The smallest absolute Gasteiger partial charge is 0.0688 e. The third kappa shape index (κ3) is 2.92. The van der Waals surface area contributed by atoms with Crippen LogP contribution in [0.2, 0.25) is 0 Å². The molecule has 2 rings (SSSR count). The summed E-state index contributed by atoms with van der Waals surface area (Å²) < 4.78 is 7.76. The number of aromatic nitrogens is 1. The number of aliphatic hydroxyl groups excluding tert-OH is 1. The molecule has 18 heavy (non-hydrogen) atoms. The third-order valence-corrected chi connectivity index (χ3v) is 3.19. The first kappa shape index (κ1) is 13.1. The molecule has 0 saturated carbocycles. The minimum Gasteiger partial charge on any atom is -0.392 e. The Morgan fingerprint density at radius 2 is 2.11 bits per heavy atom. The van der Waals surface area contributed by atoms with Gasteiger partial charge in [-0.3, -0.25) is 0 Å². The van der Waals surface area contributed by atoms with E-state index in [-0.39, 0.29) is 6.61 Å². The molecule has 0 spiro atoms. The van der Waals surface area contributed by atoms with Crippen molar-refractivity contribution in [2.45, 2.75) is 32.9 Å². The first-order chi connectivity index (χ1) is 8.86. The molecular formula is C15H21NO2. The number of fused-ring (bicyclic) bond motifs is 1. The van der Waals surface area contributed by atoms with Gasteiger partial charge >= 0.3 is 0 Å². The van der Waals surface area contributed by atoms with E-state index in [9.17, 15) is 5.11 Å². The molecule has 0 bridgehead atoms. The van der Waals surface area contributed by atoms with E-state index in [1.165, 1.54) is 11.9 Å². The normalized spacial score (nSPS) is 11.2. The second-order valence-corrected chi connectivity index (χ2v) is 4.48. The third-order valence-electron chi connectivity index (χ3n) is 3.19.